The van der Waals surface area contributed by atoms with Crippen molar-refractivity contribution in [3.05, 3.63) is 0 Å². The van der Waals surface area contributed by atoms with Crippen LogP contribution in [-0.2, 0) is 23.8 Å². The second kappa shape index (κ2) is 7.37. The lowest BCUT2D eigenvalue weighted by molar-refractivity contribution is -0.283. The Morgan fingerprint density at radius 2 is 1.46 bits per heavy atom. The van der Waals surface area contributed by atoms with Crippen molar-refractivity contribution in [1.82, 2.24) is 0 Å². The summed E-state index contributed by atoms with van der Waals surface area (Å²) >= 11 is 0. The van der Waals surface area contributed by atoms with Crippen LogP contribution in [0.25, 0.3) is 0 Å². The zero-order valence-electron chi connectivity index (χ0n) is 15.5. The quantitative estimate of drug-likeness (QED) is 0.741. The highest BCUT2D eigenvalue weighted by atomic mass is 16.7. The Hall–Kier alpha value is -1.18. The maximum Gasteiger partial charge on any atom is 0.313 e. The molecule has 1 rings (SSSR count). The standard InChI is InChI=1S/C17H30O7/c1-9-11(18)10(8-22-14(20)16(2,3)4)23-13(12(9)19)24-15(21)17(5,6)7/h9-13,18-19H,8H2,1-7H3. The fraction of sp³-hybridized carbons (Fsp3) is 0.882. The van der Waals surface area contributed by atoms with Crippen molar-refractivity contribution in [3.8, 4) is 0 Å². The third-order valence-corrected chi connectivity index (χ3v) is 3.87. The van der Waals surface area contributed by atoms with Crippen LogP contribution in [0, 0.1) is 16.7 Å². The zero-order chi connectivity index (χ0) is 18.9. The van der Waals surface area contributed by atoms with Crippen LogP contribution in [0.5, 0.6) is 0 Å². The van der Waals surface area contributed by atoms with Crippen LogP contribution >= 0.6 is 0 Å². The van der Waals surface area contributed by atoms with Crippen LogP contribution in [-0.4, -0.2) is 53.4 Å². The lowest BCUT2D eigenvalue weighted by atomic mass is 9.90. The Kier molecular flexibility index (Phi) is 6.41. The van der Waals surface area contributed by atoms with E-state index in [0.29, 0.717) is 0 Å². The first-order valence-corrected chi connectivity index (χ1v) is 8.15. The lowest BCUT2D eigenvalue weighted by Gasteiger charge is -2.41. The molecule has 0 radical (unpaired) electrons. The summed E-state index contributed by atoms with van der Waals surface area (Å²) < 4.78 is 15.9. The van der Waals surface area contributed by atoms with E-state index in [4.69, 9.17) is 14.2 Å². The Balaban J connectivity index is 2.76. The van der Waals surface area contributed by atoms with Gasteiger partial charge in [-0.2, -0.15) is 0 Å². The van der Waals surface area contributed by atoms with Crippen LogP contribution in [0.15, 0.2) is 0 Å². The molecule has 0 aromatic heterocycles. The van der Waals surface area contributed by atoms with Crippen LogP contribution in [0.2, 0.25) is 0 Å². The molecule has 0 aromatic rings. The number of esters is 2. The minimum Gasteiger partial charge on any atom is -0.462 e. The first-order chi connectivity index (χ1) is 10.7. The minimum absolute atomic E-state index is 0.183. The monoisotopic (exact) mass is 346 g/mol. The molecule has 0 bridgehead atoms. The number of carbonyl (C=O) groups is 2. The van der Waals surface area contributed by atoms with Crippen LogP contribution in [0.4, 0.5) is 0 Å². The van der Waals surface area contributed by atoms with Gasteiger partial charge in [0.15, 0.2) is 0 Å². The number of ether oxygens (including phenoxy) is 3. The summed E-state index contributed by atoms with van der Waals surface area (Å²) in [5, 5.41) is 20.4. The van der Waals surface area contributed by atoms with Gasteiger partial charge >= 0.3 is 11.9 Å². The molecule has 5 unspecified atom stereocenters. The average molecular weight is 346 g/mol. The highest BCUT2D eigenvalue weighted by molar-refractivity contribution is 5.75. The van der Waals surface area contributed by atoms with Gasteiger partial charge in [0.1, 0.15) is 18.8 Å². The predicted molar refractivity (Wildman–Crippen MR) is 85.8 cm³/mol. The SMILES string of the molecule is CC1C(O)C(COC(=O)C(C)(C)C)OC(OC(=O)C(C)(C)C)C1O. The molecule has 1 aliphatic rings. The molecule has 1 heterocycles. The molecule has 5 atom stereocenters. The largest absolute Gasteiger partial charge is 0.462 e. The summed E-state index contributed by atoms with van der Waals surface area (Å²) in [6, 6.07) is 0. The zero-order valence-corrected chi connectivity index (χ0v) is 15.5. The fourth-order valence-corrected chi connectivity index (χ4v) is 2.01. The summed E-state index contributed by atoms with van der Waals surface area (Å²) in [5.41, 5.74) is -1.43. The van der Waals surface area contributed by atoms with Crippen LogP contribution in [0.3, 0.4) is 0 Å². The summed E-state index contributed by atoms with van der Waals surface area (Å²) in [6.07, 6.45) is -4.31. The maximum absolute atomic E-state index is 12.0. The first-order valence-electron chi connectivity index (χ1n) is 8.15. The summed E-state index contributed by atoms with van der Waals surface area (Å²) in [5.74, 6) is -1.56. The molecule has 0 amide bonds. The molecule has 2 N–H and O–H groups in total. The minimum atomic E-state index is -1.21. The maximum atomic E-state index is 12.0. The van der Waals surface area contributed by atoms with Gasteiger partial charge in [-0.25, -0.2) is 0 Å². The molecule has 0 saturated carbocycles. The van der Waals surface area contributed by atoms with Crippen molar-refractivity contribution >= 4 is 11.9 Å². The third kappa shape index (κ3) is 5.16. The molecule has 1 fully saturated rings. The number of aliphatic hydroxyl groups excluding tert-OH is 2. The molecule has 140 valence electrons. The molecular formula is C17H30O7. The van der Waals surface area contributed by atoms with E-state index in [1.54, 1.807) is 48.5 Å². The van der Waals surface area contributed by atoms with Gasteiger partial charge in [0.05, 0.1) is 16.9 Å². The van der Waals surface area contributed by atoms with Gasteiger partial charge < -0.3 is 24.4 Å². The summed E-state index contributed by atoms with van der Waals surface area (Å²) in [6.45, 7) is 11.6. The molecule has 7 heteroatoms. The number of rotatable bonds is 3. The van der Waals surface area contributed by atoms with Crippen molar-refractivity contribution in [2.45, 2.75) is 73.1 Å². The molecule has 1 aliphatic heterocycles. The Bertz CT molecular complexity index is 459. The number of aliphatic hydroxyl groups is 2. The average Bonchev–Trinajstić information content (AvgIpc) is 2.44. The molecular weight excluding hydrogens is 316 g/mol. The summed E-state index contributed by atoms with van der Waals surface area (Å²) in [7, 11) is 0. The normalized spacial score (nSPS) is 31.5. The van der Waals surface area contributed by atoms with Crippen molar-refractivity contribution in [3.63, 3.8) is 0 Å². The number of hydrogen-bond acceptors (Lipinski definition) is 7. The van der Waals surface area contributed by atoms with Crippen LogP contribution < -0.4 is 0 Å². The van der Waals surface area contributed by atoms with E-state index in [2.05, 4.69) is 0 Å². The van der Waals surface area contributed by atoms with Crippen molar-refractivity contribution in [2.24, 2.45) is 16.7 Å². The van der Waals surface area contributed by atoms with E-state index >= 15 is 0 Å². The highest BCUT2D eigenvalue weighted by Crippen LogP contribution is 2.29. The first kappa shape index (κ1) is 20.9. The van der Waals surface area contributed by atoms with E-state index in [-0.39, 0.29) is 6.61 Å². The Morgan fingerprint density at radius 1 is 0.958 bits per heavy atom. The van der Waals surface area contributed by atoms with Gasteiger partial charge in [0.2, 0.25) is 6.29 Å². The van der Waals surface area contributed by atoms with Gasteiger partial charge in [-0.3, -0.25) is 9.59 Å². The predicted octanol–water partition coefficient (Wildman–Crippen LogP) is 1.25. The van der Waals surface area contributed by atoms with Gasteiger partial charge in [-0.15, -0.1) is 0 Å². The molecule has 0 spiro atoms. The van der Waals surface area contributed by atoms with E-state index < -0.39 is 53.3 Å². The van der Waals surface area contributed by atoms with Gasteiger partial charge in [-0.05, 0) is 41.5 Å². The molecule has 0 aromatic carbocycles. The third-order valence-electron chi connectivity index (χ3n) is 3.87. The Morgan fingerprint density at radius 3 is 1.92 bits per heavy atom. The lowest BCUT2D eigenvalue weighted by Crippen LogP contribution is -2.56. The molecule has 1 saturated heterocycles. The molecule has 0 aliphatic carbocycles. The second-order valence-corrected chi connectivity index (χ2v) is 8.39. The van der Waals surface area contributed by atoms with E-state index in [0.717, 1.165) is 0 Å². The van der Waals surface area contributed by atoms with Crippen LogP contribution in [0.1, 0.15) is 48.5 Å². The van der Waals surface area contributed by atoms with Gasteiger partial charge in [-0.1, -0.05) is 6.92 Å². The Labute approximate surface area is 143 Å². The van der Waals surface area contributed by atoms with Crippen molar-refractivity contribution in [2.75, 3.05) is 6.61 Å². The number of hydrogen-bond donors (Lipinski definition) is 2. The summed E-state index contributed by atoms with van der Waals surface area (Å²) in [4.78, 5) is 23.9. The number of carbonyl (C=O) groups excluding carboxylic acids is 2. The van der Waals surface area contributed by atoms with E-state index in [9.17, 15) is 19.8 Å². The molecule has 7 nitrogen and oxygen atoms in total. The van der Waals surface area contributed by atoms with E-state index in [1.165, 1.54) is 0 Å². The molecule has 24 heavy (non-hydrogen) atoms. The highest BCUT2D eigenvalue weighted by Gasteiger charge is 2.45. The topological polar surface area (TPSA) is 102 Å². The fourth-order valence-electron chi connectivity index (χ4n) is 2.01. The van der Waals surface area contributed by atoms with E-state index in [1.807, 2.05) is 0 Å². The van der Waals surface area contributed by atoms with Gasteiger partial charge in [0, 0.05) is 5.92 Å². The van der Waals surface area contributed by atoms with Gasteiger partial charge in [0.25, 0.3) is 0 Å². The smallest absolute Gasteiger partial charge is 0.313 e. The second-order valence-electron chi connectivity index (χ2n) is 8.39. The van der Waals surface area contributed by atoms with Crippen molar-refractivity contribution < 1.29 is 34.0 Å². The van der Waals surface area contributed by atoms with Crippen molar-refractivity contribution in [1.29, 1.82) is 0 Å².